The third-order valence-corrected chi connectivity index (χ3v) is 4.66. The van der Waals surface area contributed by atoms with Crippen LogP contribution in [0.25, 0.3) is 22.5 Å². The van der Waals surface area contributed by atoms with Crippen LogP contribution >= 0.6 is 11.8 Å². The minimum Gasteiger partial charge on any atom is -0.323 e. The van der Waals surface area contributed by atoms with Crippen molar-refractivity contribution in [3.05, 3.63) is 66.6 Å². The average Bonchev–Trinajstić information content (AvgIpc) is 3.10. The fraction of sp³-hybridized carbons (Fsp3) is 0.0526. The molecule has 128 valence electrons. The van der Waals surface area contributed by atoms with Crippen LogP contribution < -0.4 is 5.32 Å². The number of carbonyl (C=O) groups is 1. The molecule has 0 unspecified atom stereocenters. The number of nitrogens with one attached hydrogen (secondary N) is 1. The minimum absolute atomic E-state index is 0.237. The van der Waals surface area contributed by atoms with E-state index in [0.29, 0.717) is 11.5 Å². The second-order valence-corrected chi connectivity index (χ2v) is 6.46. The lowest BCUT2D eigenvalue weighted by atomic mass is 10.2. The number of hydrogen-bond donors (Lipinski definition) is 1. The molecule has 0 spiro atoms. The maximum absolute atomic E-state index is 12.1. The molecule has 2 aromatic carbocycles. The molecule has 0 bridgehead atoms. The molecule has 0 radical (unpaired) electrons. The van der Waals surface area contributed by atoms with E-state index >= 15 is 0 Å². The summed E-state index contributed by atoms with van der Waals surface area (Å²) >= 11 is 1.66. The molecule has 6 nitrogen and oxygen atoms in total. The molecule has 7 heteroatoms. The van der Waals surface area contributed by atoms with Gasteiger partial charge in [0.05, 0.1) is 6.20 Å². The Morgan fingerprint density at radius 3 is 2.73 bits per heavy atom. The molecule has 0 aliphatic rings. The van der Waals surface area contributed by atoms with Crippen LogP contribution in [0.3, 0.4) is 0 Å². The number of rotatable bonds is 4. The fourth-order valence-corrected chi connectivity index (χ4v) is 3.03. The summed E-state index contributed by atoms with van der Waals surface area (Å²) in [6, 6.07) is 15.5. The Morgan fingerprint density at radius 2 is 1.92 bits per heavy atom. The molecule has 4 aromatic rings. The molecule has 0 saturated carbocycles. The minimum atomic E-state index is -0.237. The number of aromatic nitrogens is 4. The summed E-state index contributed by atoms with van der Waals surface area (Å²) in [5, 5.41) is 17.5. The lowest BCUT2D eigenvalue weighted by Gasteiger charge is -2.02. The van der Waals surface area contributed by atoms with Crippen molar-refractivity contribution in [2.75, 3.05) is 11.6 Å². The van der Waals surface area contributed by atoms with Crippen LogP contribution in [0.4, 0.5) is 5.69 Å². The summed E-state index contributed by atoms with van der Waals surface area (Å²) in [6.45, 7) is 0. The number of carbonyl (C=O) groups excluding carboxylic acids is 1. The van der Waals surface area contributed by atoms with E-state index in [-0.39, 0.29) is 5.91 Å². The molecular formula is C19H15N5OS. The topological polar surface area (TPSA) is 72.2 Å². The van der Waals surface area contributed by atoms with Gasteiger partial charge >= 0.3 is 0 Å². The largest absolute Gasteiger partial charge is 0.323 e. The predicted molar refractivity (Wildman–Crippen MR) is 104 cm³/mol. The van der Waals surface area contributed by atoms with Crippen LogP contribution in [0.2, 0.25) is 0 Å². The number of fused-ring (bicyclic) bond motifs is 3. The number of nitrogens with zero attached hydrogens (tertiary/aromatic N) is 4. The smallest absolute Gasteiger partial charge is 0.248 e. The zero-order valence-electron chi connectivity index (χ0n) is 14.0. The molecule has 26 heavy (non-hydrogen) atoms. The Labute approximate surface area is 153 Å². The number of amides is 1. The van der Waals surface area contributed by atoms with Gasteiger partial charge in [-0.2, -0.15) is 9.61 Å². The van der Waals surface area contributed by atoms with Crippen molar-refractivity contribution in [3.8, 4) is 0 Å². The molecule has 2 aromatic heterocycles. The first-order valence-corrected chi connectivity index (χ1v) is 9.19. The van der Waals surface area contributed by atoms with E-state index in [4.69, 9.17) is 0 Å². The van der Waals surface area contributed by atoms with Gasteiger partial charge in [0.15, 0.2) is 11.5 Å². The second kappa shape index (κ2) is 6.97. The molecule has 1 amide bonds. The van der Waals surface area contributed by atoms with Gasteiger partial charge in [0.1, 0.15) is 0 Å². The van der Waals surface area contributed by atoms with Gasteiger partial charge in [-0.1, -0.05) is 24.3 Å². The van der Waals surface area contributed by atoms with Crippen LogP contribution in [0.1, 0.15) is 5.82 Å². The first-order valence-electron chi connectivity index (χ1n) is 7.97. The Kier molecular flexibility index (Phi) is 4.37. The lowest BCUT2D eigenvalue weighted by Crippen LogP contribution is -2.07. The van der Waals surface area contributed by atoms with E-state index in [2.05, 4.69) is 20.6 Å². The quantitative estimate of drug-likeness (QED) is 0.444. The maximum atomic E-state index is 12.1. The highest BCUT2D eigenvalue weighted by atomic mass is 32.2. The Morgan fingerprint density at radius 1 is 1.12 bits per heavy atom. The predicted octanol–water partition coefficient (Wildman–Crippen LogP) is 3.65. The Bertz CT molecular complexity index is 1120. The highest BCUT2D eigenvalue weighted by Gasteiger charge is 2.08. The zero-order valence-corrected chi connectivity index (χ0v) is 14.8. The molecule has 4 rings (SSSR count). The van der Waals surface area contributed by atoms with Gasteiger partial charge in [-0.3, -0.25) is 4.79 Å². The molecule has 1 N–H and O–H groups in total. The van der Waals surface area contributed by atoms with E-state index in [1.807, 2.05) is 54.8 Å². The molecular weight excluding hydrogens is 346 g/mol. The van der Waals surface area contributed by atoms with Crippen LogP contribution in [0.5, 0.6) is 0 Å². The van der Waals surface area contributed by atoms with Crippen LogP contribution in [0, 0.1) is 0 Å². The van der Waals surface area contributed by atoms with Crippen LogP contribution in [-0.2, 0) is 4.79 Å². The van der Waals surface area contributed by atoms with Crippen molar-refractivity contribution >= 4 is 45.9 Å². The van der Waals surface area contributed by atoms with Gasteiger partial charge < -0.3 is 5.32 Å². The normalized spacial score (nSPS) is 11.4. The van der Waals surface area contributed by atoms with Gasteiger partial charge in [-0.25, -0.2) is 0 Å². The molecule has 0 fully saturated rings. The van der Waals surface area contributed by atoms with Gasteiger partial charge in [0.25, 0.3) is 0 Å². The molecule has 2 heterocycles. The molecule has 0 saturated heterocycles. The highest BCUT2D eigenvalue weighted by Crippen LogP contribution is 2.18. The number of anilines is 1. The van der Waals surface area contributed by atoms with E-state index < -0.39 is 0 Å². The first kappa shape index (κ1) is 16.3. The molecule has 0 aliphatic heterocycles. The van der Waals surface area contributed by atoms with Crippen molar-refractivity contribution in [2.45, 2.75) is 4.90 Å². The number of thioether (sulfide) groups is 1. The summed E-state index contributed by atoms with van der Waals surface area (Å²) in [7, 11) is 0. The van der Waals surface area contributed by atoms with Crippen molar-refractivity contribution in [1.82, 2.24) is 19.8 Å². The standard InChI is InChI=1S/C19H15N5OS/c1-26-15-8-6-14(7-9-15)21-18(25)11-10-17-22-23-19-16-5-3-2-4-13(16)12-20-24(17)19/h2-12H,1H3,(H,21,25). The fourth-order valence-electron chi connectivity index (χ4n) is 2.62. The van der Waals surface area contributed by atoms with Crippen molar-refractivity contribution < 1.29 is 4.79 Å². The van der Waals surface area contributed by atoms with Gasteiger partial charge in [0.2, 0.25) is 5.91 Å². The SMILES string of the molecule is CSc1ccc(NC(=O)C=Cc2nnc3c4ccccc4cnn23)cc1. The third kappa shape index (κ3) is 3.16. The van der Waals surface area contributed by atoms with Crippen molar-refractivity contribution in [3.63, 3.8) is 0 Å². The second-order valence-electron chi connectivity index (χ2n) is 5.58. The summed E-state index contributed by atoms with van der Waals surface area (Å²) in [5.41, 5.74) is 1.41. The third-order valence-electron chi connectivity index (χ3n) is 3.92. The van der Waals surface area contributed by atoms with E-state index in [9.17, 15) is 4.79 Å². The van der Waals surface area contributed by atoms with Crippen molar-refractivity contribution in [2.24, 2.45) is 0 Å². The van der Waals surface area contributed by atoms with Gasteiger partial charge in [-0.15, -0.1) is 22.0 Å². The first-order chi connectivity index (χ1) is 12.7. The zero-order chi connectivity index (χ0) is 17.9. The summed E-state index contributed by atoms with van der Waals surface area (Å²) < 4.78 is 1.62. The van der Waals surface area contributed by atoms with E-state index in [1.165, 1.54) is 6.08 Å². The summed E-state index contributed by atoms with van der Waals surface area (Å²) in [6.07, 6.45) is 6.80. The number of benzene rings is 2. The van der Waals surface area contributed by atoms with Crippen molar-refractivity contribution in [1.29, 1.82) is 0 Å². The average molecular weight is 361 g/mol. The van der Waals surface area contributed by atoms with Crippen LogP contribution in [-0.4, -0.2) is 32.0 Å². The van der Waals surface area contributed by atoms with E-state index in [1.54, 1.807) is 28.6 Å². The molecule has 0 atom stereocenters. The lowest BCUT2D eigenvalue weighted by molar-refractivity contribution is -0.111. The number of hydrogen-bond acceptors (Lipinski definition) is 5. The Balaban J connectivity index is 1.56. The van der Waals surface area contributed by atoms with Gasteiger partial charge in [0, 0.05) is 27.4 Å². The molecule has 0 aliphatic carbocycles. The van der Waals surface area contributed by atoms with Gasteiger partial charge in [-0.05, 0) is 36.6 Å². The maximum Gasteiger partial charge on any atom is 0.248 e. The van der Waals surface area contributed by atoms with Crippen LogP contribution in [0.15, 0.2) is 65.7 Å². The highest BCUT2D eigenvalue weighted by molar-refractivity contribution is 7.98. The summed E-state index contributed by atoms with van der Waals surface area (Å²) in [4.78, 5) is 13.3. The Hall–Kier alpha value is -3.19. The monoisotopic (exact) mass is 361 g/mol. The summed E-state index contributed by atoms with van der Waals surface area (Å²) in [5.74, 6) is 0.262. The van der Waals surface area contributed by atoms with E-state index in [0.717, 1.165) is 21.4 Å².